The molecule has 1 saturated heterocycles. The molecule has 1 aromatic rings. The molecule has 2 fully saturated rings. The molecular formula is C18H26ClNO5S. The van der Waals surface area contributed by atoms with Crippen molar-refractivity contribution in [3.8, 4) is 11.5 Å². The highest BCUT2D eigenvalue weighted by Crippen LogP contribution is 2.48. The van der Waals surface area contributed by atoms with Gasteiger partial charge in [-0.15, -0.1) is 0 Å². The number of piperidine rings is 1. The van der Waals surface area contributed by atoms with Crippen LogP contribution in [0.5, 0.6) is 11.5 Å². The molecule has 0 unspecified atom stereocenters. The second-order valence-electron chi connectivity index (χ2n) is 7.06. The van der Waals surface area contributed by atoms with Crippen molar-refractivity contribution in [2.24, 2.45) is 5.41 Å². The van der Waals surface area contributed by atoms with Gasteiger partial charge >= 0.3 is 0 Å². The van der Waals surface area contributed by atoms with Crippen molar-refractivity contribution in [3.05, 3.63) is 17.2 Å². The Morgan fingerprint density at radius 3 is 2.46 bits per heavy atom. The van der Waals surface area contributed by atoms with Crippen molar-refractivity contribution in [2.75, 3.05) is 34.4 Å². The quantitative estimate of drug-likeness (QED) is 0.754. The average Bonchev–Trinajstić information content (AvgIpc) is 3.02. The molecule has 3 rings (SSSR count). The van der Waals surface area contributed by atoms with Crippen molar-refractivity contribution in [3.63, 3.8) is 0 Å². The minimum atomic E-state index is -3.74. The molecule has 2 aliphatic rings. The van der Waals surface area contributed by atoms with E-state index in [0.717, 1.165) is 32.1 Å². The molecule has 1 heterocycles. The van der Waals surface area contributed by atoms with Gasteiger partial charge in [0.15, 0.2) is 0 Å². The summed E-state index contributed by atoms with van der Waals surface area (Å²) < 4.78 is 44.5. The van der Waals surface area contributed by atoms with Gasteiger partial charge in [0.2, 0.25) is 10.0 Å². The van der Waals surface area contributed by atoms with Gasteiger partial charge in [-0.2, -0.15) is 4.31 Å². The van der Waals surface area contributed by atoms with Crippen molar-refractivity contribution in [2.45, 2.75) is 43.1 Å². The Morgan fingerprint density at radius 2 is 1.81 bits per heavy atom. The van der Waals surface area contributed by atoms with Crippen LogP contribution in [0, 0.1) is 5.41 Å². The second-order valence-corrected chi connectivity index (χ2v) is 9.37. The normalized spacial score (nSPS) is 27.0. The minimum Gasteiger partial charge on any atom is -0.495 e. The highest BCUT2D eigenvalue weighted by molar-refractivity contribution is 7.89. The molecule has 0 bridgehead atoms. The molecule has 146 valence electrons. The lowest BCUT2D eigenvalue weighted by molar-refractivity contribution is -0.0185. The Bertz CT molecular complexity index is 769. The molecule has 1 aliphatic carbocycles. The molecule has 1 aliphatic heterocycles. The summed E-state index contributed by atoms with van der Waals surface area (Å²) in [5.41, 5.74) is -0.0934. The Hall–Kier alpha value is -1.02. The van der Waals surface area contributed by atoms with E-state index in [9.17, 15) is 8.42 Å². The predicted molar refractivity (Wildman–Crippen MR) is 99.6 cm³/mol. The highest BCUT2D eigenvalue weighted by atomic mass is 35.5. The standard InChI is InChI=1S/C18H26ClNO5S/c1-23-14-11-16(15(24-2)10-13(14)19)26(21,22)20-9-5-8-18(12-20)7-4-6-17(18)25-3/h10-11,17H,4-9,12H2,1-3H3/t17-,18+/m1/s1. The zero-order chi connectivity index (χ0) is 18.9. The number of hydrogen-bond acceptors (Lipinski definition) is 5. The lowest BCUT2D eigenvalue weighted by Gasteiger charge is -2.43. The van der Waals surface area contributed by atoms with Crippen LogP contribution in [-0.4, -0.2) is 53.2 Å². The maximum atomic E-state index is 13.4. The molecule has 1 saturated carbocycles. The maximum absolute atomic E-state index is 13.4. The minimum absolute atomic E-state index is 0.0882. The summed E-state index contributed by atoms with van der Waals surface area (Å²) in [7, 11) is 0.883. The van der Waals surface area contributed by atoms with Gasteiger partial charge in [0.1, 0.15) is 16.4 Å². The Labute approximate surface area is 160 Å². The van der Waals surface area contributed by atoms with Gasteiger partial charge in [0.25, 0.3) is 0 Å². The lowest BCUT2D eigenvalue weighted by atomic mass is 9.77. The van der Waals surface area contributed by atoms with Crippen molar-refractivity contribution >= 4 is 21.6 Å². The molecule has 26 heavy (non-hydrogen) atoms. The third-order valence-electron chi connectivity index (χ3n) is 5.74. The van der Waals surface area contributed by atoms with Crippen molar-refractivity contribution < 1.29 is 22.6 Å². The first-order chi connectivity index (χ1) is 12.4. The van der Waals surface area contributed by atoms with E-state index in [1.165, 1.54) is 26.4 Å². The van der Waals surface area contributed by atoms with Gasteiger partial charge in [-0.25, -0.2) is 8.42 Å². The van der Waals surface area contributed by atoms with E-state index in [0.29, 0.717) is 23.9 Å². The van der Waals surface area contributed by atoms with Crippen LogP contribution < -0.4 is 9.47 Å². The molecule has 0 amide bonds. The molecule has 0 radical (unpaired) electrons. The summed E-state index contributed by atoms with van der Waals surface area (Å²) in [4.78, 5) is 0.0882. The summed E-state index contributed by atoms with van der Waals surface area (Å²) in [6.45, 7) is 0.969. The fourth-order valence-electron chi connectivity index (χ4n) is 4.44. The summed E-state index contributed by atoms with van der Waals surface area (Å²) >= 11 is 6.12. The third kappa shape index (κ3) is 3.30. The first kappa shape index (κ1) is 19.7. The smallest absolute Gasteiger partial charge is 0.246 e. The lowest BCUT2D eigenvalue weighted by Crippen LogP contribution is -2.49. The van der Waals surface area contributed by atoms with Gasteiger partial charge in [0.05, 0.1) is 25.3 Å². The van der Waals surface area contributed by atoms with E-state index in [1.54, 1.807) is 11.4 Å². The van der Waals surface area contributed by atoms with Crippen molar-refractivity contribution in [1.29, 1.82) is 0 Å². The third-order valence-corrected chi connectivity index (χ3v) is 7.90. The molecular weight excluding hydrogens is 378 g/mol. The fourth-order valence-corrected chi connectivity index (χ4v) is 6.39. The summed E-state index contributed by atoms with van der Waals surface area (Å²) in [5, 5.41) is 0.314. The molecule has 0 N–H and O–H groups in total. The van der Waals surface area contributed by atoms with Gasteiger partial charge < -0.3 is 14.2 Å². The first-order valence-corrected chi connectivity index (χ1v) is 10.6. The number of rotatable bonds is 5. The summed E-state index contributed by atoms with van der Waals surface area (Å²) in [5.74, 6) is 0.540. The molecule has 1 aromatic carbocycles. The van der Waals surface area contributed by atoms with Crippen LogP contribution in [0.15, 0.2) is 17.0 Å². The van der Waals surface area contributed by atoms with E-state index in [4.69, 9.17) is 25.8 Å². The zero-order valence-electron chi connectivity index (χ0n) is 15.5. The van der Waals surface area contributed by atoms with Crippen LogP contribution in [-0.2, 0) is 14.8 Å². The van der Waals surface area contributed by atoms with Crippen LogP contribution in [0.3, 0.4) is 0 Å². The molecule has 2 atom stereocenters. The van der Waals surface area contributed by atoms with Crippen LogP contribution in [0.4, 0.5) is 0 Å². The van der Waals surface area contributed by atoms with Crippen LogP contribution in [0.1, 0.15) is 32.1 Å². The second kappa shape index (κ2) is 7.54. The summed E-state index contributed by atoms with van der Waals surface area (Å²) in [6.07, 6.45) is 5.00. The molecule has 6 nitrogen and oxygen atoms in total. The van der Waals surface area contributed by atoms with Crippen LogP contribution in [0.2, 0.25) is 5.02 Å². The Morgan fingerprint density at radius 1 is 1.12 bits per heavy atom. The number of nitrogens with zero attached hydrogens (tertiary/aromatic N) is 1. The van der Waals surface area contributed by atoms with Gasteiger partial charge in [-0.3, -0.25) is 0 Å². The van der Waals surface area contributed by atoms with Gasteiger partial charge in [0, 0.05) is 37.7 Å². The summed E-state index contributed by atoms with van der Waals surface area (Å²) in [6, 6.07) is 2.93. The van der Waals surface area contributed by atoms with E-state index in [1.807, 2.05) is 0 Å². The number of benzene rings is 1. The molecule has 0 aromatic heterocycles. The molecule has 8 heteroatoms. The van der Waals surface area contributed by atoms with E-state index < -0.39 is 10.0 Å². The largest absolute Gasteiger partial charge is 0.495 e. The Balaban J connectivity index is 1.98. The zero-order valence-corrected chi connectivity index (χ0v) is 17.0. The first-order valence-electron chi connectivity index (χ1n) is 8.82. The number of methoxy groups -OCH3 is 3. The van der Waals surface area contributed by atoms with Crippen LogP contribution >= 0.6 is 11.6 Å². The van der Waals surface area contributed by atoms with E-state index >= 15 is 0 Å². The SMILES string of the molecule is COc1cc(S(=O)(=O)N2CCC[C@@]3(CCC[C@H]3OC)C2)c(OC)cc1Cl. The van der Waals surface area contributed by atoms with Crippen molar-refractivity contribution in [1.82, 2.24) is 4.31 Å². The molecule has 1 spiro atoms. The maximum Gasteiger partial charge on any atom is 0.246 e. The van der Waals surface area contributed by atoms with E-state index in [2.05, 4.69) is 0 Å². The topological polar surface area (TPSA) is 65.1 Å². The predicted octanol–water partition coefficient (Wildman–Crippen LogP) is 3.33. The van der Waals surface area contributed by atoms with Gasteiger partial charge in [-0.1, -0.05) is 18.0 Å². The monoisotopic (exact) mass is 403 g/mol. The Kier molecular flexibility index (Phi) is 5.72. The van der Waals surface area contributed by atoms with Crippen LogP contribution in [0.25, 0.3) is 0 Å². The van der Waals surface area contributed by atoms with Gasteiger partial charge in [-0.05, 0) is 25.7 Å². The average molecular weight is 404 g/mol. The van der Waals surface area contributed by atoms with E-state index in [-0.39, 0.29) is 22.2 Å². The number of ether oxygens (including phenoxy) is 3. The number of halogens is 1. The highest BCUT2D eigenvalue weighted by Gasteiger charge is 2.48. The number of hydrogen-bond donors (Lipinski definition) is 0. The fraction of sp³-hybridized carbons (Fsp3) is 0.667. The number of sulfonamides is 1.